The van der Waals surface area contributed by atoms with E-state index >= 15 is 0 Å². The number of nitrogens with zero attached hydrogens (tertiary/aromatic N) is 2. The normalized spacial score (nSPS) is 17.1. The van der Waals surface area contributed by atoms with Crippen molar-refractivity contribution in [2.75, 3.05) is 37.7 Å². The zero-order valence-electron chi connectivity index (χ0n) is 17.5. The second kappa shape index (κ2) is 13.1. The number of anilines is 1. The summed E-state index contributed by atoms with van der Waals surface area (Å²) in [5.74, 6) is 1.89. The molecule has 1 saturated carbocycles. The zero-order valence-corrected chi connectivity index (χ0v) is 19.8. The molecule has 162 valence electrons. The van der Waals surface area contributed by atoms with E-state index in [9.17, 15) is 4.79 Å². The first kappa shape index (κ1) is 23.9. The van der Waals surface area contributed by atoms with E-state index in [0.29, 0.717) is 13.0 Å². The van der Waals surface area contributed by atoms with Crippen molar-refractivity contribution in [3.63, 3.8) is 0 Å². The fourth-order valence-corrected chi connectivity index (χ4v) is 3.29. The van der Waals surface area contributed by atoms with E-state index in [1.807, 2.05) is 17.0 Å². The molecule has 1 aromatic carbocycles. The first-order valence-electron chi connectivity index (χ1n) is 10.8. The number of amides is 1. The summed E-state index contributed by atoms with van der Waals surface area (Å²) in [6.07, 6.45) is 6.41. The highest BCUT2D eigenvalue weighted by atomic mass is 127. The summed E-state index contributed by atoms with van der Waals surface area (Å²) < 4.78 is 5.67. The molecular weight excluding hydrogens is 479 g/mol. The average Bonchev–Trinajstić information content (AvgIpc) is 3.54. The first-order valence-corrected chi connectivity index (χ1v) is 10.8. The maximum atomic E-state index is 12.0. The van der Waals surface area contributed by atoms with Gasteiger partial charge in [0.05, 0.1) is 6.54 Å². The Hall–Kier alpha value is -1.35. The van der Waals surface area contributed by atoms with Crippen LogP contribution in [0, 0.1) is 5.92 Å². The largest absolute Gasteiger partial charge is 0.381 e. The fourth-order valence-electron chi connectivity index (χ4n) is 3.29. The molecule has 29 heavy (non-hydrogen) atoms. The third-order valence-electron chi connectivity index (χ3n) is 5.14. The van der Waals surface area contributed by atoms with Crippen molar-refractivity contribution < 1.29 is 9.53 Å². The maximum Gasteiger partial charge on any atom is 0.226 e. The van der Waals surface area contributed by atoms with Crippen LogP contribution in [0.2, 0.25) is 0 Å². The molecule has 0 atom stereocenters. The zero-order chi connectivity index (χ0) is 19.6. The highest BCUT2D eigenvalue weighted by Gasteiger charge is 2.21. The molecule has 0 unspecified atom stereocenters. The number of carbonyl (C=O) groups excluding carboxylic acids is 1. The predicted molar refractivity (Wildman–Crippen MR) is 129 cm³/mol. The van der Waals surface area contributed by atoms with E-state index < -0.39 is 0 Å². The topological polar surface area (TPSA) is 66.0 Å². The van der Waals surface area contributed by atoms with Crippen LogP contribution in [0.15, 0.2) is 29.3 Å². The number of piperidine rings is 1. The van der Waals surface area contributed by atoms with Crippen LogP contribution in [0.25, 0.3) is 0 Å². The molecule has 0 spiro atoms. The van der Waals surface area contributed by atoms with Crippen LogP contribution < -0.4 is 15.5 Å². The number of carbonyl (C=O) groups is 1. The van der Waals surface area contributed by atoms with Gasteiger partial charge in [0, 0.05) is 45.0 Å². The van der Waals surface area contributed by atoms with Gasteiger partial charge in [0.25, 0.3) is 0 Å². The highest BCUT2D eigenvalue weighted by Crippen LogP contribution is 2.28. The van der Waals surface area contributed by atoms with Gasteiger partial charge >= 0.3 is 0 Å². The predicted octanol–water partition coefficient (Wildman–Crippen LogP) is 3.69. The molecule has 1 aliphatic carbocycles. The molecule has 7 heteroatoms. The second-order valence-electron chi connectivity index (χ2n) is 7.66. The van der Waals surface area contributed by atoms with Crippen LogP contribution in [0.1, 0.15) is 51.0 Å². The summed E-state index contributed by atoms with van der Waals surface area (Å²) >= 11 is 0. The van der Waals surface area contributed by atoms with Gasteiger partial charge < -0.3 is 20.3 Å². The standard InChI is InChI=1S/C22H34N4O2.HI/c1-2-23-22(24-13-5-15-28-17-19-7-8-19)25-16-18-9-11-20(12-10-18)26-14-4-3-6-21(26)27;/h9-12,19H,2-8,13-17H2,1H3,(H2,23,24,25);1H. The Morgan fingerprint density at radius 2 is 2.00 bits per heavy atom. The summed E-state index contributed by atoms with van der Waals surface area (Å²) in [6, 6.07) is 8.20. The van der Waals surface area contributed by atoms with Crippen LogP contribution >= 0.6 is 24.0 Å². The second-order valence-corrected chi connectivity index (χ2v) is 7.66. The van der Waals surface area contributed by atoms with E-state index in [4.69, 9.17) is 4.74 Å². The molecule has 1 amide bonds. The Balaban J connectivity index is 0.00000300. The van der Waals surface area contributed by atoms with Gasteiger partial charge in [-0.2, -0.15) is 0 Å². The molecule has 2 fully saturated rings. The van der Waals surface area contributed by atoms with Crippen LogP contribution in [0.4, 0.5) is 5.69 Å². The lowest BCUT2D eigenvalue weighted by Gasteiger charge is -2.26. The number of ether oxygens (including phenoxy) is 1. The Labute approximate surface area is 191 Å². The number of halogens is 1. The van der Waals surface area contributed by atoms with Gasteiger partial charge in [0.1, 0.15) is 0 Å². The van der Waals surface area contributed by atoms with Gasteiger partial charge in [-0.3, -0.25) is 4.79 Å². The summed E-state index contributed by atoms with van der Waals surface area (Å²) in [6.45, 7) is 6.93. The lowest BCUT2D eigenvalue weighted by atomic mass is 10.1. The van der Waals surface area contributed by atoms with Crippen LogP contribution in [0.3, 0.4) is 0 Å². The lowest BCUT2D eigenvalue weighted by Crippen LogP contribution is -2.38. The van der Waals surface area contributed by atoms with E-state index in [1.165, 1.54) is 12.8 Å². The summed E-state index contributed by atoms with van der Waals surface area (Å²) in [7, 11) is 0. The van der Waals surface area contributed by atoms with E-state index in [0.717, 1.165) is 75.2 Å². The molecule has 1 aliphatic heterocycles. The minimum absolute atomic E-state index is 0. The maximum absolute atomic E-state index is 12.0. The minimum atomic E-state index is 0. The van der Waals surface area contributed by atoms with Gasteiger partial charge in [-0.25, -0.2) is 4.99 Å². The number of guanidine groups is 1. The summed E-state index contributed by atoms with van der Waals surface area (Å²) in [5, 5.41) is 6.66. The Kier molecular flexibility index (Phi) is 10.8. The Morgan fingerprint density at radius 3 is 2.69 bits per heavy atom. The monoisotopic (exact) mass is 514 g/mol. The third kappa shape index (κ3) is 8.50. The number of nitrogens with one attached hydrogen (secondary N) is 2. The van der Waals surface area contributed by atoms with Crippen LogP contribution in [-0.2, 0) is 16.1 Å². The average molecular weight is 514 g/mol. The van der Waals surface area contributed by atoms with Gasteiger partial charge in [-0.15, -0.1) is 24.0 Å². The molecule has 0 bridgehead atoms. The number of benzene rings is 1. The number of aliphatic imine (C=N–C) groups is 1. The molecule has 0 aromatic heterocycles. The van der Waals surface area contributed by atoms with Gasteiger partial charge in [-0.05, 0) is 62.6 Å². The van der Waals surface area contributed by atoms with Crippen molar-refractivity contribution >= 4 is 41.5 Å². The third-order valence-corrected chi connectivity index (χ3v) is 5.14. The fraction of sp³-hybridized carbons (Fsp3) is 0.636. The number of hydrogen-bond acceptors (Lipinski definition) is 3. The summed E-state index contributed by atoms with van der Waals surface area (Å²) in [4.78, 5) is 18.6. The number of rotatable bonds is 10. The van der Waals surface area contributed by atoms with Crippen molar-refractivity contribution in [2.45, 2.75) is 52.0 Å². The SMILES string of the molecule is CCNC(=NCc1ccc(N2CCCCC2=O)cc1)NCCCOCC1CC1.I. The van der Waals surface area contributed by atoms with Crippen molar-refractivity contribution in [1.29, 1.82) is 0 Å². The van der Waals surface area contributed by atoms with Crippen LogP contribution in [-0.4, -0.2) is 44.7 Å². The molecule has 2 aliphatic rings. The van der Waals surface area contributed by atoms with Crippen molar-refractivity contribution in [1.82, 2.24) is 10.6 Å². The Bertz CT molecular complexity index is 647. The van der Waals surface area contributed by atoms with Crippen molar-refractivity contribution in [3.8, 4) is 0 Å². The molecule has 2 N–H and O–H groups in total. The van der Waals surface area contributed by atoms with Crippen molar-refractivity contribution in [3.05, 3.63) is 29.8 Å². The summed E-state index contributed by atoms with van der Waals surface area (Å²) in [5.41, 5.74) is 2.13. The number of hydrogen-bond donors (Lipinski definition) is 2. The molecule has 3 rings (SSSR count). The van der Waals surface area contributed by atoms with Gasteiger partial charge in [-0.1, -0.05) is 12.1 Å². The molecule has 1 saturated heterocycles. The molecule has 6 nitrogen and oxygen atoms in total. The molecule has 1 heterocycles. The molecule has 1 aromatic rings. The minimum Gasteiger partial charge on any atom is -0.381 e. The molecule has 0 radical (unpaired) electrons. The van der Waals surface area contributed by atoms with E-state index in [1.54, 1.807) is 0 Å². The van der Waals surface area contributed by atoms with Crippen LogP contribution in [0.5, 0.6) is 0 Å². The lowest BCUT2D eigenvalue weighted by molar-refractivity contribution is -0.119. The first-order chi connectivity index (χ1) is 13.8. The van der Waals surface area contributed by atoms with E-state index in [2.05, 4.69) is 34.7 Å². The quantitative estimate of drug-likeness (QED) is 0.216. The molecular formula is C22H35IN4O2. The Morgan fingerprint density at radius 1 is 1.21 bits per heavy atom. The van der Waals surface area contributed by atoms with E-state index in [-0.39, 0.29) is 29.9 Å². The highest BCUT2D eigenvalue weighted by molar-refractivity contribution is 14.0. The van der Waals surface area contributed by atoms with Crippen molar-refractivity contribution in [2.24, 2.45) is 10.9 Å². The van der Waals surface area contributed by atoms with Gasteiger partial charge in [0.2, 0.25) is 5.91 Å². The smallest absolute Gasteiger partial charge is 0.226 e. The van der Waals surface area contributed by atoms with Gasteiger partial charge in [0.15, 0.2) is 5.96 Å².